The highest BCUT2D eigenvalue weighted by atomic mass is 32.2. The van der Waals surface area contributed by atoms with Crippen LogP contribution in [0.5, 0.6) is 0 Å². The molecule has 10 heteroatoms. The summed E-state index contributed by atoms with van der Waals surface area (Å²) in [6.07, 6.45) is 5.15. The van der Waals surface area contributed by atoms with Crippen LogP contribution in [0.2, 0.25) is 0 Å². The summed E-state index contributed by atoms with van der Waals surface area (Å²) in [6, 6.07) is 10.5. The van der Waals surface area contributed by atoms with Gasteiger partial charge in [-0.25, -0.2) is 9.37 Å². The number of nitrogen functional groups attached to an aromatic ring is 1. The molecule has 1 aliphatic rings. The number of nitrogens with zero attached hydrogens (tertiary/aromatic N) is 3. The molecule has 8 nitrogen and oxygen atoms in total. The van der Waals surface area contributed by atoms with E-state index in [1.807, 2.05) is 0 Å². The van der Waals surface area contributed by atoms with Crippen molar-refractivity contribution in [2.24, 2.45) is 10.3 Å². The highest BCUT2D eigenvalue weighted by Gasteiger charge is 2.23. The van der Waals surface area contributed by atoms with Gasteiger partial charge in [0.05, 0.1) is 28.9 Å². The van der Waals surface area contributed by atoms with Crippen LogP contribution in [0.25, 0.3) is 22.4 Å². The number of halogens is 1. The minimum Gasteiger partial charge on any atom is -0.382 e. The molecule has 0 spiro atoms. The molecule has 2 heterocycles. The fourth-order valence-corrected chi connectivity index (χ4v) is 4.58. The lowest BCUT2D eigenvalue weighted by Crippen LogP contribution is -2.37. The van der Waals surface area contributed by atoms with E-state index in [1.54, 1.807) is 24.3 Å². The molecule has 0 radical (unpaired) electrons. The number of rotatable bonds is 5. The van der Waals surface area contributed by atoms with Gasteiger partial charge in [-0.15, -0.1) is 0 Å². The fourth-order valence-electron chi connectivity index (χ4n) is 3.45. The quantitative estimate of drug-likeness (QED) is 0.572. The third-order valence-corrected chi connectivity index (χ3v) is 6.41. The zero-order valence-electron chi connectivity index (χ0n) is 16.9. The molecule has 1 saturated heterocycles. The van der Waals surface area contributed by atoms with Crippen molar-refractivity contribution in [2.45, 2.75) is 17.7 Å². The largest absolute Gasteiger partial charge is 0.382 e. The number of hydrogen-bond acceptors (Lipinski definition) is 6. The van der Waals surface area contributed by atoms with Crippen molar-refractivity contribution in [1.82, 2.24) is 15.3 Å². The minimum atomic E-state index is -4.11. The number of carbonyl (C=O) groups is 1. The molecule has 0 saturated carbocycles. The van der Waals surface area contributed by atoms with Gasteiger partial charge in [-0.2, -0.15) is 12.8 Å². The van der Waals surface area contributed by atoms with Crippen LogP contribution < -0.4 is 11.1 Å². The molecule has 0 bridgehead atoms. The Hall–Kier alpha value is -3.66. The van der Waals surface area contributed by atoms with E-state index in [9.17, 15) is 17.6 Å². The predicted molar refractivity (Wildman–Crippen MR) is 119 cm³/mol. The maximum Gasteiger partial charge on any atom is 0.282 e. The summed E-state index contributed by atoms with van der Waals surface area (Å²) < 4.78 is 44.5. The molecule has 164 valence electrons. The lowest BCUT2D eigenvalue weighted by atomic mass is 10.0. The molecule has 1 atom stereocenters. The second-order valence-corrected chi connectivity index (χ2v) is 8.89. The molecule has 4 rings (SSSR count). The van der Waals surface area contributed by atoms with Crippen LogP contribution in [0.4, 0.5) is 10.2 Å². The van der Waals surface area contributed by atoms with Crippen molar-refractivity contribution in [3.63, 3.8) is 0 Å². The summed E-state index contributed by atoms with van der Waals surface area (Å²) in [7, 11) is -4.11. The first-order chi connectivity index (χ1) is 15.3. The Balaban J connectivity index is 1.68. The zero-order chi connectivity index (χ0) is 22.7. The molecule has 0 aliphatic carbocycles. The van der Waals surface area contributed by atoms with Gasteiger partial charge >= 0.3 is 0 Å². The van der Waals surface area contributed by atoms with Gasteiger partial charge in [0.15, 0.2) is 0 Å². The van der Waals surface area contributed by atoms with E-state index in [0.717, 1.165) is 6.42 Å². The average Bonchev–Trinajstić information content (AvgIpc) is 2.79. The van der Waals surface area contributed by atoms with E-state index < -0.39 is 21.8 Å². The standard InChI is InChI=1S/C22H20FN5O3S/c23-18-10-14(7-8-17(18)19-12-27-21(24)13-26-19)16-5-1-2-6-20(16)32(30,31)28-11-15-4-3-9-25-22(15)29/h1-2,5-8,10-13,15H,3-4,9H2,(H2,24,27)(H,25,29). The Morgan fingerprint density at radius 3 is 2.66 bits per heavy atom. The van der Waals surface area contributed by atoms with Crippen LogP contribution in [-0.2, 0) is 14.8 Å². The first kappa shape index (κ1) is 21.6. The highest BCUT2D eigenvalue weighted by Crippen LogP contribution is 2.32. The first-order valence-corrected chi connectivity index (χ1v) is 11.3. The van der Waals surface area contributed by atoms with E-state index in [2.05, 4.69) is 19.7 Å². The number of carbonyl (C=O) groups excluding carboxylic acids is 1. The molecule has 2 aromatic carbocycles. The lowest BCUT2D eigenvalue weighted by Gasteiger charge is -2.17. The van der Waals surface area contributed by atoms with Crippen molar-refractivity contribution in [1.29, 1.82) is 0 Å². The molecular weight excluding hydrogens is 433 g/mol. The van der Waals surface area contributed by atoms with Crippen LogP contribution >= 0.6 is 0 Å². The molecule has 1 amide bonds. The van der Waals surface area contributed by atoms with Gasteiger partial charge in [-0.3, -0.25) is 9.78 Å². The highest BCUT2D eigenvalue weighted by molar-refractivity contribution is 7.90. The Morgan fingerprint density at radius 1 is 1.12 bits per heavy atom. The van der Waals surface area contributed by atoms with E-state index in [0.29, 0.717) is 29.8 Å². The van der Waals surface area contributed by atoms with Crippen molar-refractivity contribution < 1.29 is 17.6 Å². The first-order valence-electron chi connectivity index (χ1n) is 9.90. The Bertz CT molecular complexity index is 1290. The molecular formula is C22H20FN5O3S. The van der Waals surface area contributed by atoms with Crippen molar-refractivity contribution >= 4 is 28.0 Å². The normalized spacial score (nSPS) is 16.8. The molecule has 32 heavy (non-hydrogen) atoms. The number of nitrogens with two attached hydrogens (primary N) is 1. The van der Waals surface area contributed by atoms with Gasteiger partial charge < -0.3 is 11.1 Å². The molecule has 3 aromatic rings. The van der Waals surface area contributed by atoms with Crippen LogP contribution in [0.15, 0.2) is 64.2 Å². The fraction of sp³-hybridized carbons (Fsp3) is 0.182. The second kappa shape index (κ2) is 8.83. The minimum absolute atomic E-state index is 0.0770. The zero-order valence-corrected chi connectivity index (χ0v) is 17.7. The number of piperidine rings is 1. The number of amides is 1. The Labute approximate surface area is 184 Å². The van der Waals surface area contributed by atoms with Gasteiger partial charge in [0.1, 0.15) is 11.6 Å². The number of benzene rings is 2. The van der Waals surface area contributed by atoms with Crippen LogP contribution in [0.1, 0.15) is 12.8 Å². The van der Waals surface area contributed by atoms with Crippen molar-refractivity contribution in [2.75, 3.05) is 12.3 Å². The molecule has 1 aromatic heterocycles. The summed E-state index contributed by atoms with van der Waals surface area (Å²) in [6.45, 7) is 0.572. The number of anilines is 1. The Morgan fingerprint density at radius 2 is 1.94 bits per heavy atom. The average molecular weight is 453 g/mol. The third kappa shape index (κ3) is 4.50. The summed E-state index contributed by atoms with van der Waals surface area (Å²) >= 11 is 0. The van der Waals surface area contributed by atoms with Crippen molar-refractivity contribution in [3.05, 3.63) is 60.7 Å². The van der Waals surface area contributed by atoms with Gasteiger partial charge in [-0.1, -0.05) is 24.3 Å². The monoisotopic (exact) mass is 453 g/mol. The van der Waals surface area contributed by atoms with E-state index in [1.165, 1.54) is 36.8 Å². The Kier molecular flexibility index (Phi) is 5.95. The van der Waals surface area contributed by atoms with Gasteiger partial charge in [0.25, 0.3) is 10.0 Å². The molecule has 1 aliphatic heterocycles. The van der Waals surface area contributed by atoms with E-state index >= 15 is 0 Å². The van der Waals surface area contributed by atoms with E-state index in [-0.39, 0.29) is 22.2 Å². The smallest absolute Gasteiger partial charge is 0.282 e. The third-order valence-electron chi connectivity index (χ3n) is 5.10. The van der Waals surface area contributed by atoms with Crippen LogP contribution in [-0.4, -0.2) is 37.1 Å². The second-order valence-electron chi connectivity index (χ2n) is 7.29. The van der Waals surface area contributed by atoms with Crippen LogP contribution in [0, 0.1) is 11.7 Å². The van der Waals surface area contributed by atoms with Gasteiger partial charge in [0, 0.05) is 23.9 Å². The van der Waals surface area contributed by atoms with Crippen molar-refractivity contribution in [3.8, 4) is 22.4 Å². The van der Waals surface area contributed by atoms with Crippen LogP contribution in [0.3, 0.4) is 0 Å². The van der Waals surface area contributed by atoms with E-state index in [4.69, 9.17) is 5.73 Å². The number of hydrogen-bond donors (Lipinski definition) is 2. The lowest BCUT2D eigenvalue weighted by molar-refractivity contribution is -0.124. The number of sulfonamides is 1. The topological polar surface area (TPSA) is 127 Å². The van der Waals surface area contributed by atoms with Gasteiger partial charge in [0.2, 0.25) is 5.91 Å². The summed E-state index contributed by atoms with van der Waals surface area (Å²) in [4.78, 5) is 19.8. The number of nitrogens with one attached hydrogen (secondary N) is 1. The summed E-state index contributed by atoms with van der Waals surface area (Å²) in [5, 5.41) is 2.69. The summed E-state index contributed by atoms with van der Waals surface area (Å²) in [5.74, 6) is -1.21. The molecule has 1 fully saturated rings. The number of aromatic nitrogens is 2. The molecule has 3 N–H and O–H groups in total. The predicted octanol–water partition coefficient (Wildman–Crippen LogP) is 2.82. The summed E-state index contributed by atoms with van der Waals surface area (Å²) in [5.41, 5.74) is 6.70. The molecule has 1 unspecified atom stereocenters. The maximum atomic E-state index is 14.9. The van der Waals surface area contributed by atoms with Gasteiger partial charge in [-0.05, 0) is 36.6 Å². The SMILES string of the molecule is Nc1cnc(-c2ccc(-c3ccccc3S(=O)(=O)N=CC3CCCNC3=O)cc2F)cn1. The maximum absolute atomic E-state index is 14.9.